The van der Waals surface area contributed by atoms with Gasteiger partial charge in [0.1, 0.15) is 5.75 Å². The number of nitrogens with two attached hydrogens (primary N) is 1. The lowest BCUT2D eigenvalue weighted by atomic mass is 9.77. The summed E-state index contributed by atoms with van der Waals surface area (Å²) >= 11 is 0. The molecule has 0 aromatic heterocycles. The van der Waals surface area contributed by atoms with E-state index in [4.69, 9.17) is 20.1 Å². The van der Waals surface area contributed by atoms with Crippen LogP contribution in [-0.4, -0.2) is 41.0 Å². The Bertz CT molecular complexity index is 653. The average molecular weight is 333 g/mol. The summed E-state index contributed by atoms with van der Waals surface area (Å²) in [5.74, 6) is -0.882. The molecule has 6 nitrogen and oxygen atoms in total. The van der Waals surface area contributed by atoms with Gasteiger partial charge in [0.15, 0.2) is 0 Å². The predicted octanol–water partition coefficient (Wildman–Crippen LogP) is 1.99. The first-order chi connectivity index (χ1) is 11.1. The second-order valence-corrected chi connectivity index (χ2v) is 6.98. The Kier molecular flexibility index (Phi) is 5.08. The van der Waals surface area contributed by atoms with Gasteiger partial charge in [0, 0.05) is 12.1 Å². The number of aliphatic carboxylic acids is 1. The summed E-state index contributed by atoms with van der Waals surface area (Å²) in [6.45, 7) is 8.00. The van der Waals surface area contributed by atoms with Crippen molar-refractivity contribution in [3.8, 4) is 5.75 Å². The zero-order chi connectivity index (χ0) is 18.1. The van der Waals surface area contributed by atoms with Crippen LogP contribution in [0.5, 0.6) is 5.75 Å². The molecule has 0 bridgehead atoms. The molecule has 1 aliphatic rings. The van der Waals surface area contributed by atoms with E-state index in [1.54, 1.807) is 18.2 Å². The molecule has 1 aliphatic heterocycles. The van der Waals surface area contributed by atoms with Crippen LogP contribution in [0, 0.1) is 0 Å². The maximum absolute atomic E-state index is 10.9. The monoisotopic (exact) mass is 333 g/mol. The Morgan fingerprint density at radius 1 is 1.25 bits per heavy atom. The Morgan fingerprint density at radius 2 is 1.83 bits per heavy atom. The normalized spacial score (nSPS) is 19.5. The van der Waals surface area contributed by atoms with Crippen LogP contribution >= 0.6 is 0 Å². The molecule has 24 heavy (non-hydrogen) atoms. The molecule has 1 fully saturated rings. The Balaban J connectivity index is 2.33. The average Bonchev–Trinajstić information content (AvgIpc) is 2.67. The molecular weight excluding hydrogens is 309 g/mol. The Morgan fingerprint density at radius 3 is 2.33 bits per heavy atom. The Hall–Kier alpha value is -1.83. The van der Waals surface area contributed by atoms with Crippen molar-refractivity contribution in [1.82, 2.24) is 0 Å². The van der Waals surface area contributed by atoms with Crippen LogP contribution in [0.1, 0.15) is 38.8 Å². The van der Waals surface area contributed by atoms with Crippen LogP contribution in [0.4, 0.5) is 0 Å². The molecule has 0 saturated carbocycles. The van der Waals surface area contributed by atoms with Crippen LogP contribution in [0.15, 0.2) is 23.7 Å². The summed E-state index contributed by atoms with van der Waals surface area (Å²) in [7, 11) is -0.609. The smallest absolute Gasteiger partial charge is 0.491 e. The molecule has 0 unspecified atom stereocenters. The van der Waals surface area contributed by atoms with E-state index in [1.165, 1.54) is 6.07 Å². The molecule has 1 saturated heterocycles. The van der Waals surface area contributed by atoms with Crippen LogP contribution in [0.2, 0.25) is 0 Å². The van der Waals surface area contributed by atoms with Crippen molar-refractivity contribution in [2.75, 3.05) is 6.54 Å². The van der Waals surface area contributed by atoms with Gasteiger partial charge in [-0.25, -0.2) is 0 Å². The summed E-state index contributed by atoms with van der Waals surface area (Å²) in [5, 5.41) is 19.0. The van der Waals surface area contributed by atoms with E-state index in [9.17, 15) is 9.90 Å². The maximum atomic E-state index is 10.9. The lowest BCUT2D eigenvalue weighted by Crippen LogP contribution is -2.41. The summed E-state index contributed by atoms with van der Waals surface area (Å²) in [6, 6.07) is 4.69. The lowest BCUT2D eigenvalue weighted by molar-refractivity contribution is -0.136. The third-order valence-electron chi connectivity index (χ3n) is 4.58. The zero-order valence-corrected chi connectivity index (χ0v) is 14.5. The first-order valence-electron chi connectivity index (χ1n) is 7.85. The number of phenols is 1. The summed E-state index contributed by atoms with van der Waals surface area (Å²) in [4.78, 5) is 10.9. The SMILES string of the molecule is CC1(C)OB(C(=Cc2cc(CC(=O)O)ccc2O)CN)OC1(C)C. The van der Waals surface area contributed by atoms with E-state index in [1.807, 2.05) is 27.7 Å². The van der Waals surface area contributed by atoms with E-state index >= 15 is 0 Å². The molecule has 1 aromatic carbocycles. The quantitative estimate of drug-likeness (QED) is 0.712. The first-order valence-corrected chi connectivity index (χ1v) is 7.85. The molecule has 0 atom stereocenters. The summed E-state index contributed by atoms with van der Waals surface area (Å²) in [5.41, 5.74) is 6.63. The lowest BCUT2D eigenvalue weighted by Gasteiger charge is -2.32. The van der Waals surface area contributed by atoms with Gasteiger partial charge in [-0.3, -0.25) is 4.79 Å². The van der Waals surface area contributed by atoms with Gasteiger partial charge in [0.25, 0.3) is 0 Å². The number of hydrogen-bond acceptors (Lipinski definition) is 5. The highest BCUT2D eigenvalue weighted by Gasteiger charge is 2.52. The fraction of sp³-hybridized carbons (Fsp3) is 0.471. The van der Waals surface area contributed by atoms with Crippen molar-refractivity contribution in [3.63, 3.8) is 0 Å². The van der Waals surface area contributed by atoms with Crippen LogP contribution in [-0.2, 0) is 20.5 Å². The van der Waals surface area contributed by atoms with E-state index in [0.29, 0.717) is 16.6 Å². The van der Waals surface area contributed by atoms with Crippen LogP contribution < -0.4 is 5.73 Å². The Labute approximate surface area is 142 Å². The minimum atomic E-state index is -0.930. The van der Waals surface area contributed by atoms with Gasteiger partial charge in [-0.1, -0.05) is 12.1 Å². The molecule has 1 heterocycles. The van der Waals surface area contributed by atoms with Gasteiger partial charge in [0.05, 0.1) is 17.6 Å². The molecule has 2 rings (SSSR count). The number of carbonyl (C=O) groups is 1. The number of carboxylic acids is 1. The standard InChI is InChI=1S/C17H24BNO5/c1-16(2)17(3,4)24-18(23-16)13(10-19)9-12-7-11(8-15(21)22)5-6-14(12)20/h5-7,9,20H,8,10,19H2,1-4H3,(H,21,22). The second kappa shape index (κ2) is 6.59. The molecule has 0 aliphatic carbocycles. The van der Waals surface area contributed by atoms with Gasteiger partial charge < -0.3 is 25.3 Å². The van der Waals surface area contributed by atoms with Crippen molar-refractivity contribution in [2.45, 2.75) is 45.3 Å². The van der Waals surface area contributed by atoms with Crippen molar-refractivity contribution in [1.29, 1.82) is 0 Å². The van der Waals surface area contributed by atoms with Crippen LogP contribution in [0.25, 0.3) is 6.08 Å². The molecule has 0 spiro atoms. The van der Waals surface area contributed by atoms with Gasteiger partial charge in [-0.15, -0.1) is 0 Å². The molecule has 0 radical (unpaired) electrons. The predicted molar refractivity (Wildman–Crippen MR) is 92.6 cm³/mol. The molecule has 1 aromatic rings. The molecule has 0 amide bonds. The summed E-state index contributed by atoms with van der Waals surface area (Å²) < 4.78 is 12.0. The van der Waals surface area contributed by atoms with Gasteiger partial charge >= 0.3 is 13.1 Å². The highest BCUT2D eigenvalue weighted by atomic mass is 16.7. The zero-order valence-electron chi connectivity index (χ0n) is 14.5. The fourth-order valence-electron chi connectivity index (χ4n) is 2.42. The van der Waals surface area contributed by atoms with E-state index in [0.717, 1.165) is 0 Å². The maximum Gasteiger partial charge on any atom is 0.491 e. The van der Waals surface area contributed by atoms with Crippen molar-refractivity contribution in [2.24, 2.45) is 5.73 Å². The molecule has 4 N–H and O–H groups in total. The fourth-order valence-corrected chi connectivity index (χ4v) is 2.42. The van der Waals surface area contributed by atoms with Gasteiger partial charge in [-0.2, -0.15) is 0 Å². The number of hydrogen-bond donors (Lipinski definition) is 3. The summed E-state index contributed by atoms with van der Waals surface area (Å²) in [6.07, 6.45) is 1.58. The van der Waals surface area contributed by atoms with Gasteiger partial charge in [-0.05, 0) is 50.9 Å². The molecular formula is C17H24BNO5. The second-order valence-electron chi connectivity index (χ2n) is 6.98. The number of carboxylic acid groups (broad SMARTS) is 1. The molecule has 130 valence electrons. The third-order valence-corrected chi connectivity index (χ3v) is 4.58. The number of aromatic hydroxyl groups is 1. The number of phenolic OH excluding ortho intramolecular Hbond substituents is 1. The minimum Gasteiger partial charge on any atom is -0.507 e. The van der Waals surface area contributed by atoms with Crippen molar-refractivity contribution in [3.05, 3.63) is 34.8 Å². The largest absolute Gasteiger partial charge is 0.507 e. The first kappa shape index (κ1) is 18.5. The highest BCUT2D eigenvalue weighted by molar-refractivity contribution is 6.55. The number of benzene rings is 1. The molecule has 7 heteroatoms. The minimum absolute atomic E-state index is 0.0478. The van der Waals surface area contributed by atoms with E-state index < -0.39 is 24.3 Å². The van der Waals surface area contributed by atoms with Gasteiger partial charge in [0.2, 0.25) is 0 Å². The van der Waals surface area contributed by atoms with Crippen molar-refractivity contribution < 1.29 is 24.3 Å². The van der Waals surface area contributed by atoms with Crippen molar-refractivity contribution >= 4 is 19.2 Å². The van der Waals surface area contributed by atoms with E-state index in [2.05, 4.69) is 0 Å². The van der Waals surface area contributed by atoms with Crippen LogP contribution in [0.3, 0.4) is 0 Å². The topological polar surface area (TPSA) is 102 Å². The van der Waals surface area contributed by atoms with E-state index in [-0.39, 0.29) is 18.7 Å². The number of rotatable bonds is 5. The highest BCUT2D eigenvalue weighted by Crippen LogP contribution is 2.39. The third kappa shape index (κ3) is 3.80.